The summed E-state index contributed by atoms with van der Waals surface area (Å²) in [5.41, 5.74) is 5.64. The quantitative estimate of drug-likeness (QED) is 0.745. The normalized spacial score (nSPS) is 12.6. The van der Waals surface area contributed by atoms with Crippen LogP contribution in [0.1, 0.15) is 34.1 Å². The first kappa shape index (κ1) is 17.2. The van der Waals surface area contributed by atoms with Crippen molar-refractivity contribution in [2.75, 3.05) is 7.11 Å². The zero-order valence-corrected chi connectivity index (χ0v) is 12.3. The third-order valence-electron chi connectivity index (χ3n) is 3.00. The third kappa shape index (κ3) is 4.59. The molecule has 0 bridgehead atoms. The van der Waals surface area contributed by atoms with Crippen molar-refractivity contribution in [2.24, 2.45) is 11.7 Å². The zero-order chi connectivity index (χ0) is 16.7. The molecule has 1 aromatic rings. The molecule has 0 aliphatic carbocycles. The maximum Gasteiger partial charge on any atom is 0.337 e. The first-order valence-corrected chi connectivity index (χ1v) is 6.57. The molecule has 1 aromatic carbocycles. The fourth-order valence-corrected chi connectivity index (χ4v) is 1.80. The number of nitrogens with one attached hydrogen (secondary N) is 1. The van der Waals surface area contributed by atoms with Crippen LogP contribution in [0.3, 0.4) is 0 Å². The lowest BCUT2D eigenvalue weighted by molar-refractivity contribution is -0.120. The molecule has 0 aliphatic heterocycles. The van der Waals surface area contributed by atoms with Crippen molar-refractivity contribution in [2.45, 2.75) is 19.4 Å². The number of hydrogen-bond acceptors (Lipinski definition) is 5. The molecular formula is C15H17N3O4. The van der Waals surface area contributed by atoms with E-state index < -0.39 is 29.7 Å². The van der Waals surface area contributed by atoms with Gasteiger partial charge in [0.2, 0.25) is 5.91 Å². The van der Waals surface area contributed by atoms with Gasteiger partial charge >= 0.3 is 5.97 Å². The molecule has 2 amide bonds. The van der Waals surface area contributed by atoms with E-state index in [1.54, 1.807) is 6.92 Å². The van der Waals surface area contributed by atoms with E-state index >= 15 is 0 Å². The Labute approximate surface area is 128 Å². The number of carbonyl (C=O) groups is 3. The fourth-order valence-electron chi connectivity index (χ4n) is 1.80. The minimum Gasteiger partial charge on any atom is -0.465 e. The Morgan fingerprint density at radius 1 is 1.36 bits per heavy atom. The average Bonchev–Trinajstić information content (AvgIpc) is 2.53. The summed E-state index contributed by atoms with van der Waals surface area (Å²) in [5, 5.41) is 11.2. The van der Waals surface area contributed by atoms with Gasteiger partial charge in [-0.3, -0.25) is 9.59 Å². The Balaban J connectivity index is 2.89. The summed E-state index contributed by atoms with van der Waals surface area (Å²) >= 11 is 0. The number of nitriles is 1. The smallest absolute Gasteiger partial charge is 0.337 e. The van der Waals surface area contributed by atoms with Crippen molar-refractivity contribution in [3.63, 3.8) is 0 Å². The SMILES string of the molecule is COC(=O)c1cccc(C(=O)N[C@@H](C[C@@H](C)C#N)C(N)=O)c1. The number of nitrogens with zero attached hydrogens (tertiary/aromatic N) is 1. The van der Waals surface area contributed by atoms with Gasteiger partial charge in [0.1, 0.15) is 6.04 Å². The van der Waals surface area contributed by atoms with E-state index in [2.05, 4.69) is 10.1 Å². The molecule has 0 saturated heterocycles. The predicted molar refractivity (Wildman–Crippen MR) is 77.6 cm³/mol. The number of ether oxygens (including phenoxy) is 1. The Bertz CT molecular complexity index is 621. The van der Waals surface area contributed by atoms with Crippen molar-refractivity contribution < 1.29 is 19.1 Å². The van der Waals surface area contributed by atoms with Gasteiger partial charge in [0, 0.05) is 11.5 Å². The maximum absolute atomic E-state index is 12.1. The number of esters is 1. The summed E-state index contributed by atoms with van der Waals surface area (Å²) in [4.78, 5) is 34.9. The average molecular weight is 303 g/mol. The van der Waals surface area contributed by atoms with Crippen LogP contribution in [0.25, 0.3) is 0 Å². The molecule has 0 radical (unpaired) electrons. The minimum absolute atomic E-state index is 0.119. The lowest BCUT2D eigenvalue weighted by Crippen LogP contribution is -2.45. The highest BCUT2D eigenvalue weighted by Gasteiger charge is 2.22. The molecular weight excluding hydrogens is 286 g/mol. The fraction of sp³-hybridized carbons (Fsp3) is 0.333. The number of primary amides is 1. The van der Waals surface area contributed by atoms with Gasteiger partial charge in [0.05, 0.1) is 18.7 Å². The van der Waals surface area contributed by atoms with Crippen LogP contribution in [0.5, 0.6) is 0 Å². The van der Waals surface area contributed by atoms with Crippen molar-refractivity contribution in [3.8, 4) is 6.07 Å². The highest BCUT2D eigenvalue weighted by molar-refractivity contribution is 5.99. The molecule has 22 heavy (non-hydrogen) atoms. The predicted octanol–water partition coefficient (Wildman–Crippen LogP) is 0.607. The van der Waals surface area contributed by atoms with Gasteiger partial charge in [0.25, 0.3) is 5.91 Å². The van der Waals surface area contributed by atoms with E-state index in [0.29, 0.717) is 0 Å². The Kier molecular flexibility index (Phi) is 6.08. The molecule has 2 atom stereocenters. The van der Waals surface area contributed by atoms with Gasteiger partial charge < -0.3 is 15.8 Å². The second-order valence-corrected chi connectivity index (χ2v) is 4.77. The van der Waals surface area contributed by atoms with Gasteiger partial charge in [-0.2, -0.15) is 5.26 Å². The first-order chi connectivity index (χ1) is 10.4. The number of hydrogen-bond donors (Lipinski definition) is 2. The number of rotatable bonds is 6. The van der Waals surface area contributed by atoms with E-state index in [-0.39, 0.29) is 17.5 Å². The Morgan fingerprint density at radius 2 is 2.00 bits per heavy atom. The van der Waals surface area contributed by atoms with Crippen molar-refractivity contribution in [1.82, 2.24) is 5.32 Å². The van der Waals surface area contributed by atoms with Crippen LogP contribution < -0.4 is 11.1 Å². The van der Waals surface area contributed by atoms with E-state index in [4.69, 9.17) is 11.0 Å². The number of benzene rings is 1. The molecule has 0 unspecified atom stereocenters. The van der Waals surface area contributed by atoms with Crippen molar-refractivity contribution in [3.05, 3.63) is 35.4 Å². The van der Waals surface area contributed by atoms with Crippen LogP contribution in [0, 0.1) is 17.2 Å². The summed E-state index contributed by atoms with van der Waals surface area (Å²) in [5.74, 6) is -2.28. The lowest BCUT2D eigenvalue weighted by atomic mass is 10.0. The van der Waals surface area contributed by atoms with Gasteiger partial charge in [-0.15, -0.1) is 0 Å². The van der Waals surface area contributed by atoms with Crippen molar-refractivity contribution in [1.29, 1.82) is 5.26 Å². The largest absolute Gasteiger partial charge is 0.465 e. The number of amides is 2. The van der Waals surface area contributed by atoms with E-state index in [1.807, 2.05) is 6.07 Å². The molecule has 0 aromatic heterocycles. The number of carbonyl (C=O) groups excluding carboxylic acids is 3. The summed E-state index contributed by atoms with van der Waals surface area (Å²) < 4.78 is 4.58. The molecule has 0 heterocycles. The molecule has 7 heteroatoms. The first-order valence-electron chi connectivity index (χ1n) is 6.57. The Morgan fingerprint density at radius 3 is 2.55 bits per heavy atom. The van der Waals surface area contributed by atoms with E-state index in [0.717, 1.165) is 0 Å². The highest BCUT2D eigenvalue weighted by Crippen LogP contribution is 2.09. The lowest BCUT2D eigenvalue weighted by Gasteiger charge is -2.16. The molecule has 1 rings (SSSR count). The maximum atomic E-state index is 12.1. The molecule has 0 spiro atoms. The highest BCUT2D eigenvalue weighted by atomic mass is 16.5. The van der Waals surface area contributed by atoms with Gasteiger partial charge in [-0.05, 0) is 31.5 Å². The van der Waals surface area contributed by atoms with Gasteiger partial charge in [-0.25, -0.2) is 4.79 Å². The molecule has 0 fully saturated rings. The van der Waals surface area contributed by atoms with Crippen LogP contribution >= 0.6 is 0 Å². The van der Waals surface area contributed by atoms with Crippen LogP contribution in [-0.4, -0.2) is 30.9 Å². The number of nitrogens with two attached hydrogens (primary N) is 1. The molecule has 3 N–H and O–H groups in total. The summed E-state index contributed by atoms with van der Waals surface area (Å²) in [6.07, 6.45) is 0.119. The summed E-state index contributed by atoms with van der Waals surface area (Å²) in [6, 6.07) is 6.90. The standard InChI is InChI=1S/C15H17N3O4/c1-9(8-16)6-12(13(17)19)18-14(20)10-4-3-5-11(7-10)15(21)22-2/h3-5,7,9,12H,6H2,1-2H3,(H2,17,19)(H,18,20)/t9-,12+/m1/s1. The van der Waals surface area contributed by atoms with E-state index in [1.165, 1.54) is 31.4 Å². The second-order valence-electron chi connectivity index (χ2n) is 4.77. The molecule has 116 valence electrons. The summed E-state index contributed by atoms with van der Waals surface area (Å²) in [7, 11) is 1.24. The van der Waals surface area contributed by atoms with Crippen LogP contribution in [0.2, 0.25) is 0 Å². The third-order valence-corrected chi connectivity index (χ3v) is 3.00. The summed E-state index contributed by atoms with van der Waals surface area (Å²) in [6.45, 7) is 1.62. The second kappa shape index (κ2) is 7.78. The number of methoxy groups -OCH3 is 1. The molecule has 0 aliphatic rings. The molecule has 7 nitrogen and oxygen atoms in total. The van der Waals surface area contributed by atoms with Crippen molar-refractivity contribution >= 4 is 17.8 Å². The Hall–Kier alpha value is -2.88. The van der Waals surface area contributed by atoms with Gasteiger partial charge in [0.15, 0.2) is 0 Å². The topological polar surface area (TPSA) is 122 Å². The zero-order valence-electron chi connectivity index (χ0n) is 12.3. The molecule has 0 saturated carbocycles. The van der Waals surface area contributed by atoms with Crippen LogP contribution in [0.15, 0.2) is 24.3 Å². The minimum atomic E-state index is -0.955. The monoisotopic (exact) mass is 303 g/mol. The van der Waals surface area contributed by atoms with Crippen LogP contribution in [-0.2, 0) is 9.53 Å². The van der Waals surface area contributed by atoms with E-state index in [9.17, 15) is 14.4 Å². The van der Waals surface area contributed by atoms with Crippen LogP contribution in [0.4, 0.5) is 0 Å². The van der Waals surface area contributed by atoms with Gasteiger partial charge in [-0.1, -0.05) is 6.07 Å².